The number of sulfone groups is 1. The number of carbonyl (C=O) groups excluding carboxylic acids is 1. The lowest BCUT2D eigenvalue weighted by molar-refractivity contribution is -0.135. The van der Waals surface area contributed by atoms with Crippen LogP contribution in [0.2, 0.25) is 0 Å². The molecule has 1 saturated heterocycles. The Hall–Kier alpha value is -0.660. The minimum atomic E-state index is -3.09. The Morgan fingerprint density at radius 1 is 1.59 bits per heavy atom. The van der Waals surface area contributed by atoms with Crippen molar-refractivity contribution in [2.24, 2.45) is 5.73 Å². The van der Waals surface area contributed by atoms with Crippen LogP contribution < -0.4 is 5.73 Å². The Labute approximate surface area is 102 Å². The van der Waals surface area contributed by atoms with Gasteiger partial charge in [-0.1, -0.05) is 0 Å². The SMILES string of the molecule is CS(=O)(=O)CCC(N)C(=O)N1CCC[C@H](O)C1. The number of likely N-dealkylation sites (tertiary alicyclic amines) is 1. The van der Waals surface area contributed by atoms with Crippen LogP contribution in [-0.2, 0) is 14.6 Å². The molecule has 1 aliphatic rings. The number of hydrogen-bond donors (Lipinski definition) is 2. The van der Waals surface area contributed by atoms with Gasteiger partial charge in [0.2, 0.25) is 5.91 Å². The molecule has 0 aromatic rings. The second-order valence-electron chi connectivity index (χ2n) is 4.61. The van der Waals surface area contributed by atoms with Gasteiger partial charge in [-0.05, 0) is 19.3 Å². The third-order valence-corrected chi connectivity index (χ3v) is 3.80. The molecular formula is C10H20N2O4S. The second kappa shape index (κ2) is 5.79. The quantitative estimate of drug-likeness (QED) is 0.659. The maximum atomic E-state index is 11.9. The Balaban J connectivity index is 2.45. The molecule has 0 bridgehead atoms. The summed E-state index contributed by atoms with van der Waals surface area (Å²) in [5, 5.41) is 9.44. The van der Waals surface area contributed by atoms with Crippen molar-refractivity contribution in [2.75, 3.05) is 25.1 Å². The van der Waals surface area contributed by atoms with Gasteiger partial charge in [-0.15, -0.1) is 0 Å². The Morgan fingerprint density at radius 3 is 2.76 bits per heavy atom. The van der Waals surface area contributed by atoms with Gasteiger partial charge in [0.1, 0.15) is 9.84 Å². The number of piperidine rings is 1. The van der Waals surface area contributed by atoms with E-state index in [0.29, 0.717) is 19.5 Å². The zero-order valence-electron chi connectivity index (χ0n) is 10.0. The number of hydrogen-bond acceptors (Lipinski definition) is 5. The highest BCUT2D eigenvalue weighted by Gasteiger charge is 2.26. The molecular weight excluding hydrogens is 244 g/mol. The standard InChI is InChI=1S/C10H20N2O4S/c1-17(15,16)6-4-9(11)10(14)12-5-2-3-8(13)7-12/h8-9,13H,2-7,11H2,1H3/t8-,9?/m0/s1. The predicted molar refractivity (Wildman–Crippen MR) is 64.1 cm³/mol. The zero-order chi connectivity index (χ0) is 13.1. The molecule has 100 valence electrons. The molecule has 1 unspecified atom stereocenters. The van der Waals surface area contributed by atoms with Crippen LogP contribution in [0, 0.1) is 0 Å². The van der Waals surface area contributed by atoms with Gasteiger partial charge in [0.05, 0.1) is 17.9 Å². The predicted octanol–water partition coefficient (Wildman–Crippen LogP) is -1.27. The minimum absolute atomic E-state index is 0.0870. The molecule has 7 heteroatoms. The molecule has 0 saturated carbocycles. The van der Waals surface area contributed by atoms with Gasteiger partial charge in [0, 0.05) is 19.3 Å². The summed E-state index contributed by atoms with van der Waals surface area (Å²) in [6, 6.07) is -0.796. The van der Waals surface area contributed by atoms with Crippen LogP contribution in [0.15, 0.2) is 0 Å². The number of nitrogens with two attached hydrogens (primary N) is 1. The van der Waals surface area contributed by atoms with E-state index in [0.717, 1.165) is 12.7 Å². The van der Waals surface area contributed by atoms with Crippen molar-refractivity contribution < 1.29 is 18.3 Å². The molecule has 1 amide bonds. The van der Waals surface area contributed by atoms with Crippen LogP contribution in [0.3, 0.4) is 0 Å². The molecule has 1 rings (SSSR count). The van der Waals surface area contributed by atoms with E-state index in [4.69, 9.17) is 5.73 Å². The summed E-state index contributed by atoms with van der Waals surface area (Å²) in [5.41, 5.74) is 5.66. The van der Waals surface area contributed by atoms with Gasteiger partial charge in [0.15, 0.2) is 0 Å². The van der Waals surface area contributed by atoms with E-state index >= 15 is 0 Å². The Kier molecular flexibility index (Phi) is 4.91. The summed E-state index contributed by atoms with van der Waals surface area (Å²) >= 11 is 0. The van der Waals surface area contributed by atoms with Gasteiger partial charge in [-0.25, -0.2) is 8.42 Å². The minimum Gasteiger partial charge on any atom is -0.391 e. The van der Waals surface area contributed by atoms with Crippen molar-refractivity contribution in [1.29, 1.82) is 0 Å². The lowest BCUT2D eigenvalue weighted by Crippen LogP contribution is -2.49. The van der Waals surface area contributed by atoms with Crippen LogP contribution in [0.5, 0.6) is 0 Å². The average molecular weight is 264 g/mol. The second-order valence-corrected chi connectivity index (χ2v) is 6.87. The first-order valence-electron chi connectivity index (χ1n) is 5.70. The van der Waals surface area contributed by atoms with Crippen molar-refractivity contribution in [2.45, 2.75) is 31.4 Å². The number of aliphatic hydroxyl groups is 1. The first kappa shape index (κ1) is 14.4. The monoisotopic (exact) mass is 264 g/mol. The molecule has 0 aromatic carbocycles. The van der Waals surface area contributed by atoms with Gasteiger partial charge < -0.3 is 15.7 Å². The van der Waals surface area contributed by atoms with Crippen LogP contribution in [-0.4, -0.2) is 61.6 Å². The average Bonchev–Trinajstić information content (AvgIpc) is 2.24. The van der Waals surface area contributed by atoms with E-state index in [1.807, 2.05) is 0 Å². The molecule has 0 aliphatic carbocycles. The van der Waals surface area contributed by atoms with Gasteiger partial charge in [-0.2, -0.15) is 0 Å². The molecule has 1 aliphatic heterocycles. The van der Waals surface area contributed by atoms with Crippen molar-refractivity contribution in [3.05, 3.63) is 0 Å². The zero-order valence-corrected chi connectivity index (χ0v) is 10.8. The molecule has 0 spiro atoms. The number of nitrogens with zero attached hydrogens (tertiary/aromatic N) is 1. The van der Waals surface area contributed by atoms with Gasteiger partial charge >= 0.3 is 0 Å². The summed E-state index contributed by atoms with van der Waals surface area (Å²) in [4.78, 5) is 13.4. The first-order chi connectivity index (χ1) is 7.79. The van der Waals surface area contributed by atoms with Gasteiger partial charge in [0.25, 0.3) is 0 Å². The lowest BCUT2D eigenvalue weighted by atomic mass is 10.1. The fourth-order valence-electron chi connectivity index (χ4n) is 1.85. The van der Waals surface area contributed by atoms with E-state index in [9.17, 15) is 18.3 Å². The lowest BCUT2D eigenvalue weighted by Gasteiger charge is -2.31. The van der Waals surface area contributed by atoms with Crippen LogP contribution >= 0.6 is 0 Å². The van der Waals surface area contributed by atoms with E-state index in [1.165, 1.54) is 4.90 Å². The summed E-state index contributed by atoms with van der Waals surface area (Å²) in [7, 11) is -3.09. The van der Waals surface area contributed by atoms with Crippen LogP contribution in [0.25, 0.3) is 0 Å². The van der Waals surface area contributed by atoms with E-state index in [-0.39, 0.29) is 18.1 Å². The van der Waals surface area contributed by atoms with Crippen molar-refractivity contribution in [3.8, 4) is 0 Å². The number of rotatable bonds is 4. The summed E-state index contributed by atoms with van der Waals surface area (Å²) in [6.07, 6.45) is 2.21. The summed E-state index contributed by atoms with van der Waals surface area (Å²) in [6.45, 7) is 0.883. The largest absolute Gasteiger partial charge is 0.391 e. The third kappa shape index (κ3) is 5.01. The maximum absolute atomic E-state index is 11.9. The topological polar surface area (TPSA) is 101 Å². The normalized spacial score (nSPS) is 23.5. The fraction of sp³-hybridized carbons (Fsp3) is 0.900. The van der Waals surface area contributed by atoms with E-state index in [1.54, 1.807) is 0 Å². The van der Waals surface area contributed by atoms with Crippen LogP contribution in [0.1, 0.15) is 19.3 Å². The van der Waals surface area contributed by atoms with Crippen molar-refractivity contribution >= 4 is 15.7 Å². The number of aliphatic hydroxyl groups excluding tert-OH is 1. The summed E-state index contributed by atoms with van der Waals surface area (Å²) < 4.78 is 21.9. The molecule has 2 atom stereocenters. The Bertz CT molecular complexity index is 369. The smallest absolute Gasteiger partial charge is 0.239 e. The number of carbonyl (C=O) groups is 1. The van der Waals surface area contributed by atoms with E-state index in [2.05, 4.69) is 0 Å². The molecule has 1 heterocycles. The summed E-state index contributed by atoms with van der Waals surface area (Å²) in [5.74, 6) is -0.358. The van der Waals surface area contributed by atoms with Crippen molar-refractivity contribution in [1.82, 2.24) is 4.90 Å². The first-order valence-corrected chi connectivity index (χ1v) is 7.76. The van der Waals surface area contributed by atoms with Crippen molar-refractivity contribution in [3.63, 3.8) is 0 Å². The molecule has 17 heavy (non-hydrogen) atoms. The highest BCUT2D eigenvalue weighted by Crippen LogP contribution is 2.11. The molecule has 1 fully saturated rings. The molecule has 3 N–H and O–H groups in total. The number of amides is 1. The Morgan fingerprint density at radius 2 is 2.24 bits per heavy atom. The molecule has 0 aromatic heterocycles. The highest BCUT2D eigenvalue weighted by atomic mass is 32.2. The third-order valence-electron chi connectivity index (χ3n) is 2.83. The highest BCUT2D eigenvalue weighted by molar-refractivity contribution is 7.90. The van der Waals surface area contributed by atoms with E-state index < -0.39 is 22.0 Å². The fourth-order valence-corrected chi connectivity index (χ4v) is 2.54. The van der Waals surface area contributed by atoms with Crippen LogP contribution in [0.4, 0.5) is 0 Å². The van der Waals surface area contributed by atoms with Gasteiger partial charge in [-0.3, -0.25) is 4.79 Å². The number of β-amino-alcohol motifs (C(OH)–C–C–N with tert-alkyl or cyclic N) is 1. The maximum Gasteiger partial charge on any atom is 0.239 e. The molecule has 6 nitrogen and oxygen atoms in total. The molecule has 0 radical (unpaired) electrons.